The van der Waals surface area contributed by atoms with Gasteiger partial charge in [0, 0.05) is 33.2 Å². The zero-order valence-electron chi connectivity index (χ0n) is 17.8. The van der Waals surface area contributed by atoms with E-state index in [0.29, 0.717) is 28.8 Å². The molecule has 0 aromatic carbocycles. The largest absolute Gasteiger partial charge is 0.490 e. The summed E-state index contributed by atoms with van der Waals surface area (Å²) in [6.45, 7) is 5.44. The van der Waals surface area contributed by atoms with Gasteiger partial charge in [0.1, 0.15) is 0 Å². The van der Waals surface area contributed by atoms with E-state index in [1.165, 1.54) is 4.57 Å². The van der Waals surface area contributed by atoms with E-state index in [1.807, 2.05) is 4.57 Å². The number of carbonyl (C=O) groups excluding carboxylic acids is 1. The number of anilines is 1. The van der Waals surface area contributed by atoms with Gasteiger partial charge in [-0.15, -0.1) is 5.92 Å². The third kappa shape index (κ3) is 6.62. The summed E-state index contributed by atoms with van der Waals surface area (Å²) >= 11 is 1.13. The third-order valence-corrected chi connectivity index (χ3v) is 5.38. The number of nitrogens with one attached hydrogen (secondary N) is 1. The minimum Gasteiger partial charge on any atom is -0.475 e. The van der Waals surface area contributed by atoms with Crippen LogP contribution in [-0.4, -0.2) is 74.2 Å². The first-order chi connectivity index (χ1) is 15.5. The number of piperazine rings is 1. The van der Waals surface area contributed by atoms with Gasteiger partial charge in [0.05, 0.1) is 12.3 Å². The van der Waals surface area contributed by atoms with Crippen LogP contribution in [0.5, 0.6) is 0 Å². The number of imidazole rings is 1. The molecule has 1 saturated heterocycles. The number of nitrogens with two attached hydrogens (primary N) is 1. The van der Waals surface area contributed by atoms with Gasteiger partial charge >= 0.3 is 12.1 Å². The number of halogens is 3. The van der Waals surface area contributed by atoms with Crippen molar-refractivity contribution in [3.63, 3.8) is 0 Å². The Morgan fingerprint density at radius 3 is 2.39 bits per heavy atom. The molecule has 1 aliphatic heterocycles. The maximum absolute atomic E-state index is 12.9. The van der Waals surface area contributed by atoms with Crippen LogP contribution >= 0.6 is 11.8 Å². The lowest BCUT2D eigenvalue weighted by molar-refractivity contribution is -0.192. The van der Waals surface area contributed by atoms with E-state index in [9.17, 15) is 22.8 Å². The lowest BCUT2D eigenvalue weighted by atomic mass is 10.4. The summed E-state index contributed by atoms with van der Waals surface area (Å²) < 4.78 is 35.0. The van der Waals surface area contributed by atoms with Crippen LogP contribution in [0.1, 0.15) is 6.92 Å². The Morgan fingerprint density at radius 2 is 1.88 bits per heavy atom. The fraction of sp³-hybridized carbons (Fsp3) is 0.500. The molecule has 1 fully saturated rings. The summed E-state index contributed by atoms with van der Waals surface area (Å²) in [7, 11) is 1.63. The standard InChI is InChI=1S/C16H21N7O2S.C2HF3O2/c1-3-4-7-23-12-13(19-15(23)22-8-5-18-6-9-22)20-16(21(2)14(12)25)26-10-11(17)24;3-2(4,5)1(6)7/h18H,5-10H2,1-2H3,(H2,17,24);(H,6,7). The second-order valence-corrected chi connectivity index (χ2v) is 7.59. The Bertz CT molecular complexity index is 1140. The number of carboxylic acids is 1. The van der Waals surface area contributed by atoms with Gasteiger partial charge in [0.15, 0.2) is 16.3 Å². The molecule has 180 valence electrons. The number of primary amides is 1. The number of hydrogen-bond acceptors (Lipinski definition) is 8. The first kappa shape index (κ1) is 26.0. The van der Waals surface area contributed by atoms with E-state index < -0.39 is 18.1 Å². The molecule has 0 saturated carbocycles. The molecule has 1 amide bonds. The summed E-state index contributed by atoms with van der Waals surface area (Å²) in [6.07, 6.45) is -5.08. The van der Waals surface area contributed by atoms with Crippen molar-refractivity contribution >= 4 is 40.8 Å². The van der Waals surface area contributed by atoms with Crippen molar-refractivity contribution in [3.05, 3.63) is 10.4 Å². The molecule has 4 N–H and O–H groups in total. The summed E-state index contributed by atoms with van der Waals surface area (Å²) in [5.41, 5.74) is 5.78. The van der Waals surface area contributed by atoms with Gasteiger partial charge in [-0.1, -0.05) is 17.7 Å². The second kappa shape index (κ2) is 11.1. The van der Waals surface area contributed by atoms with Crippen LogP contribution in [0.15, 0.2) is 9.95 Å². The fourth-order valence-corrected chi connectivity index (χ4v) is 3.51. The lowest BCUT2D eigenvalue weighted by Gasteiger charge is -2.28. The number of hydrogen-bond donors (Lipinski definition) is 3. The number of aliphatic carboxylic acids is 1. The molecule has 0 unspecified atom stereocenters. The topological polar surface area (TPSA) is 148 Å². The van der Waals surface area contributed by atoms with E-state index in [2.05, 4.69) is 32.0 Å². The van der Waals surface area contributed by atoms with E-state index in [0.717, 1.165) is 37.9 Å². The number of carboxylic acid groups (broad SMARTS) is 1. The first-order valence-corrected chi connectivity index (χ1v) is 10.5. The number of aromatic nitrogens is 4. The van der Waals surface area contributed by atoms with Gasteiger partial charge in [-0.3, -0.25) is 18.7 Å². The molecule has 3 heterocycles. The quantitative estimate of drug-likeness (QED) is 0.294. The summed E-state index contributed by atoms with van der Waals surface area (Å²) in [5.74, 6) is 3.41. The molecular weight excluding hydrogens is 467 g/mol. The lowest BCUT2D eigenvalue weighted by Crippen LogP contribution is -2.44. The molecular formula is C18H22F3N7O4S. The van der Waals surface area contributed by atoms with Gasteiger partial charge in [-0.25, -0.2) is 9.78 Å². The minimum atomic E-state index is -5.08. The number of alkyl halides is 3. The van der Waals surface area contributed by atoms with E-state index in [-0.39, 0.29) is 11.3 Å². The molecule has 3 rings (SSSR count). The van der Waals surface area contributed by atoms with Gasteiger partial charge in [-0.2, -0.15) is 18.2 Å². The van der Waals surface area contributed by atoms with E-state index >= 15 is 0 Å². The van der Waals surface area contributed by atoms with Gasteiger partial charge < -0.3 is 21.1 Å². The molecule has 0 bridgehead atoms. The Morgan fingerprint density at radius 1 is 1.27 bits per heavy atom. The zero-order valence-corrected chi connectivity index (χ0v) is 18.6. The van der Waals surface area contributed by atoms with Crippen molar-refractivity contribution in [3.8, 4) is 11.8 Å². The predicted octanol–water partition coefficient (Wildman–Crippen LogP) is -0.226. The maximum atomic E-state index is 12.9. The van der Waals surface area contributed by atoms with Crippen molar-refractivity contribution in [1.29, 1.82) is 0 Å². The highest BCUT2D eigenvalue weighted by atomic mass is 32.2. The number of rotatable bonds is 5. The van der Waals surface area contributed by atoms with Crippen LogP contribution in [0.2, 0.25) is 0 Å². The molecule has 2 aromatic rings. The number of carbonyl (C=O) groups is 2. The van der Waals surface area contributed by atoms with Crippen molar-refractivity contribution in [1.82, 2.24) is 24.4 Å². The molecule has 2 aromatic heterocycles. The van der Waals surface area contributed by atoms with Crippen molar-refractivity contribution < 1.29 is 27.9 Å². The third-order valence-electron chi connectivity index (χ3n) is 4.32. The number of nitrogens with zero attached hydrogens (tertiary/aromatic N) is 5. The van der Waals surface area contributed by atoms with E-state index in [4.69, 9.17) is 15.6 Å². The van der Waals surface area contributed by atoms with Gasteiger partial charge in [0.2, 0.25) is 11.9 Å². The SMILES string of the molecule is CC#CCn1c(N2CCNCC2)nc2nc(SCC(N)=O)n(C)c(=O)c21.O=C(O)C(F)(F)F. The van der Waals surface area contributed by atoms with Crippen molar-refractivity contribution in [2.45, 2.75) is 24.8 Å². The normalized spacial score (nSPS) is 13.7. The van der Waals surface area contributed by atoms with Crippen LogP contribution in [0.4, 0.5) is 19.1 Å². The predicted molar refractivity (Wildman–Crippen MR) is 115 cm³/mol. The monoisotopic (exact) mass is 489 g/mol. The maximum Gasteiger partial charge on any atom is 0.490 e. The fourth-order valence-electron chi connectivity index (χ4n) is 2.81. The molecule has 0 atom stereocenters. The summed E-state index contributed by atoms with van der Waals surface area (Å²) in [5, 5.41) is 10.8. The highest BCUT2D eigenvalue weighted by Gasteiger charge is 2.38. The van der Waals surface area contributed by atoms with Crippen LogP contribution in [-0.2, 0) is 23.2 Å². The Labute approximate surface area is 190 Å². The molecule has 1 aliphatic rings. The molecule has 0 radical (unpaired) electrons. The highest BCUT2D eigenvalue weighted by Crippen LogP contribution is 2.22. The Hall–Kier alpha value is -3.25. The highest BCUT2D eigenvalue weighted by molar-refractivity contribution is 7.99. The van der Waals surface area contributed by atoms with Crippen LogP contribution < -0.4 is 21.5 Å². The van der Waals surface area contributed by atoms with Crippen LogP contribution in [0.3, 0.4) is 0 Å². The van der Waals surface area contributed by atoms with Crippen molar-refractivity contribution in [2.75, 3.05) is 36.8 Å². The van der Waals surface area contributed by atoms with Crippen molar-refractivity contribution in [2.24, 2.45) is 12.8 Å². The second-order valence-electron chi connectivity index (χ2n) is 6.65. The molecule has 0 aliphatic carbocycles. The number of fused-ring (bicyclic) bond motifs is 1. The minimum absolute atomic E-state index is 0.0540. The summed E-state index contributed by atoms with van der Waals surface area (Å²) in [6, 6.07) is 0. The van der Waals surface area contributed by atoms with E-state index in [1.54, 1.807) is 14.0 Å². The molecule has 15 heteroatoms. The summed E-state index contributed by atoms with van der Waals surface area (Å²) in [4.78, 5) is 44.1. The zero-order chi connectivity index (χ0) is 24.8. The van der Waals surface area contributed by atoms with Gasteiger partial charge in [-0.05, 0) is 6.92 Å². The smallest absolute Gasteiger partial charge is 0.475 e. The molecule has 0 spiro atoms. The van der Waals surface area contributed by atoms with Gasteiger partial charge in [0.25, 0.3) is 5.56 Å². The number of amides is 1. The Kier molecular flexibility index (Phi) is 8.71. The average molecular weight is 489 g/mol. The Balaban J connectivity index is 0.000000479. The molecule has 11 nitrogen and oxygen atoms in total. The van der Waals surface area contributed by atoms with Crippen LogP contribution in [0, 0.1) is 11.8 Å². The molecule has 33 heavy (non-hydrogen) atoms. The van der Waals surface area contributed by atoms with Crippen LogP contribution in [0.25, 0.3) is 11.2 Å². The number of thioether (sulfide) groups is 1. The average Bonchev–Trinajstić information content (AvgIpc) is 3.12. The first-order valence-electron chi connectivity index (χ1n) is 9.51.